The van der Waals surface area contributed by atoms with Crippen LogP contribution in [0.15, 0.2) is 67.3 Å². The average molecular weight is 409 g/mol. The second-order valence-electron chi connectivity index (χ2n) is 7.02. The summed E-state index contributed by atoms with van der Waals surface area (Å²) in [5, 5.41) is 0.605. The fourth-order valence-electron chi connectivity index (χ4n) is 3.41. The molecule has 1 fully saturated rings. The van der Waals surface area contributed by atoms with Gasteiger partial charge in [-0.15, -0.1) is 0 Å². The highest BCUT2D eigenvalue weighted by Crippen LogP contribution is 2.15. The van der Waals surface area contributed by atoms with E-state index in [9.17, 15) is 9.59 Å². The van der Waals surface area contributed by atoms with Gasteiger partial charge in [-0.25, -0.2) is 4.98 Å². The van der Waals surface area contributed by atoms with Crippen LogP contribution in [0.2, 0.25) is 5.02 Å². The number of carbonyl (C=O) groups is 2. The molecule has 0 saturated carbocycles. The van der Waals surface area contributed by atoms with E-state index in [4.69, 9.17) is 11.6 Å². The van der Waals surface area contributed by atoms with Gasteiger partial charge in [-0.3, -0.25) is 9.59 Å². The van der Waals surface area contributed by atoms with Gasteiger partial charge >= 0.3 is 0 Å². The minimum Gasteiger partial charge on any atom is -0.335 e. The number of rotatable bonds is 4. The molecule has 0 radical (unpaired) electrons. The SMILES string of the molecule is O=C(c1ccc(Cl)cc1)N1CCN(C(=O)c2ccc(Cn3ccnc3)cc2)CC1. The van der Waals surface area contributed by atoms with E-state index in [1.54, 1.807) is 46.6 Å². The lowest BCUT2D eigenvalue weighted by molar-refractivity contribution is 0.0535. The number of hydrogen-bond donors (Lipinski definition) is 0. The van der Waals surface area contributed by atoms with E-state index >= 15 is 0 Å². The Balaban J connectivity index is 1.34. The molecule has 0 bridgehead atoms. The number of aromatic nitrogens is 2. The Morgan fingerprint density at radius 3 is 1.83 bits per heavy atom. The maximum Gasteiger partial charge on any atom is 0.253 e. The first-order valence-electron chi connectivity index (χ1n) is 9.49. The first-order valence-corrected chi connectivity index (χ1v) is 9.87. The van der Waals surface area contributed by atoms with Crippen LogP contribution >= 0.6 is 11.6 Å². The molecule has 0 atom stereocenters. The van der Waals surface area contributed by atoms with Gasteiger partial charge in [0, 0.05) is 61.3 Å². The molecule has 2 heterocycles. The molecule has 29 heavy (non-hydrogen) atoms. The summed E-state index contributed by atoms with van der Waals surface area (Å²) in [5.74, 6) is -0.0320. The van der Waals surface area contributed by atoms with Gasteiger partial charge < -0.3 is 14.4 Å². The Kier molecular flexibility index (Phi) is 5.62. The molecule has 1 aliphatic rings. The second-order valence-corrected chi connectivity index (χ2v) is 7.46. The molecule has 0 aliphatic carbocycles. The van der Waals surface area contributed by atoms with Crippen LogP contribution in [0.3, 0.4) is 0 Å². The zero-order valence-electron chi connectivity index (χ0n) is 15.9. The van der Waals surface area contributed by atoms with Gasteiger partial charge in [0.2, 0.25) is 0 Å². The maximum atomic E-state index is 12.8. The summed E-state index contributed by atoms with van der Waals surface area (Å²) >= 11 is 5.89. The molecule has 4 rings (SSSR count). The molecule has 2 amide bonds. The monoisotopic (exact) mass is 408 g/mol. The van der Waals surface area contributed by atoms with Crippen molar-refractivity contribution in [2.75, 3.05) is 26.2 Å². The number of halogens is 1. The summed E-state index contributed by atoms with van der Waals surface area (Å²) in [7, 11) is 0. The van der Waals surface area contributed by atoms with E-state index in [0.29, 0.717) is 42.3 Å². The number of amides is 2. The number of carbonyl (C=O) groups excluding carboxylic acids is 2. The summed E-state index contributed by atoms with van der Waals surface area (Å²) in [6, 6.07) is 14.5. The molecule has 1 aromatic heterocycles. The molecule has 6 nitrogen and oxygen atoms in total. The van der Waals surface area contributed by atoms with Gasteiger partial charge in [-0.2, -0.15) is 0 Å². The summed E-state index contributed by atoms with van der Waals surface area (Å²) in [5.41, 5.74) is 2.39. The third-order valence-corrected chi connectivity index (χ3v) is 5.32. The molecule has 1 aliphatic heterocycles. The molecule has 0 spiro atoms. The summed E-state index contributed by atoms with van der Waals surface area (Å²) in [4.78, 5) is 33.0. The van der Waals surface area contributed by atoms with Crippen LogP contribution in [0.25, 0.3) is 0 Å². The highest BCUT2D eigenvalue weighted by Gasteiger charge is 2.25. The van der Waals surface area contributed by atoms with Gasteiger partial charge in [0.05, 0.1) is 6.33 Å². The summed E-state index contributed by atoms with van der Waals surface area (Å²) < 4.78 is 1.98. The van der Waals surface area contributed by atoms with Crippen molar-refractivity contribution in [2.24, 2.45) is 0 Å². The predicted molar refractivity (Wildman–Crippen MR) is 111 cm³/mol. The van der Waals surface area contributed by atoms with E-state index in [0.717, 1.165) is 12.1 Å². The van der Waals surface area contributed by atoms with Gasteiger partial charge in [-0.05, 0) is 42.0 Å². The number of piperazine rings is 1. The first-order chi connectivity index (χ1) is 14.1. The summed E-state index contributed by atoms with van der Waals surface area (Å²) in [6.45, 7) is 2.81. The van der Waals surface area contributed by atoms with Crippen molar-refractivity contribution in [1.82, 2.24) is 19.4 Å². The molecular formula is C22H21ClN4O2. The second kappa shape index (κ2) is 8.49. The number of hydrogen-bond acceptors (Lipinski definition) is 3. The normalized spacial score (nSPS) is 14.1. The summed E-state index contributed by atoms with van der Waals surface area (Å²) in [6.07, 6.45) is 5.42. The van der Waals surface area contributed by atoms with E-state index in [2.05, 4.69) is 4.98 Å². The lowest BCUT2D eigenvalue weighted by atomic mass is 10.1. The lowest BCUT2D eigenvalue weighted by Crippen LogP contribution is -2.50. The minimum absolute atomic E-state index is 0.00206. The van der Waals surface area contributed by atoms with E-state index in [1.807, 2.05) is 35.0 Å². The van der Waals surface area contributed by atoms with Crippen molar-refractivity contribution in [3.8, 4) is 0 Å². The Bertz CT molecular complexity index is 977. The molecule has 2 aromatic carbocycles. The standard InChI is InChI=1S/C22H21ClN4O2/c23-20-7-5-19(6-8-20)22(29)27-13-11-26(12-14-27)21(28)18-3-1-17(2-4-18)15-25-10-9-24-16-25/h1-10,16H,11-15H2. The van der Waals surface area contributed by atoms with Crippen LogP contribution in [0.1, 0.15) is 26.3 Å². The Labute approximate surface area is 174 Å². The van der Waals surface area contributed by atoms with E-state index in [-0.39, 0.29) is 11.8 Å². The Morgan fingerprint density at radius 1 is 0.828 bits per heavy atom. The van der Waals surface area contributed by atoms with Crippen LogP contribution in [0.5, 0.6) is 0 Å². The third-order valence-electron chi connectivity index (χ3n) is 5.07. The highest BCUT2D eigenvalue weighted by atomic mass is 35.5. The number of benzene rings is 2. The van der Waals surface area contributed by atoms with Gasteiger partial charge in [0.1, 0.15) is 0 Å². The largest absolute Gasteiger partial charge is 0.335 e. The molecule has 7 heteroatoms. The topological polar surface area (TPSA) is 58.4 Å². The molecule has 0 unspecified atom stereocenters. The van der Waals surface area contributed by atoms with Crippen molar-refractivity contribution in [3.05, 3.63) is 89.0 Å². The van der Waals surface area contributed by atoms with Crippen LogP contribution in [0.4, 0.5) is 0 Å². The predicted octanol–water partition coefficient (Wildman–Crippen LogP) is 3.18. The van der Waals surface area contributed by atoms with Crippen molar-refractivity contribution in [1.29, 1.82) is 0 Å². The zero-order valence-corrected chi connectivity index (χ0v) is 16.6. The van der Waals surface area contributed by atoms with Crippen LogP contribution in [-0.2, 0) is 6.54 Å². The van der Waals surface area contributed by atoms with Crippen molar-refractivity contribution >= 4 is 23.4 Å². The first kappa shape index (κ1) is 19.2. The maximum absolute atomic E-state index is 12.8. The smallest absolute Gasteiger partial charge is 0.253 e. The van der Waals surface area contributed by atoms with E-state index < -0.39 is 0 Å². The third kappa shape index (κ3) is 4.49. The lowest BCUT2D eigenvalue weighted by Gasteiger charge is -2.35. The Hall–Kier alpha value is -3.12. The van der Waals surface area contributed by atoms with Crippen molar-refractivity contribution < 1.29 is 9.59 Å². The van der Waals surface area contributed by atoms with Crippen LogP contribution in [-0.4, -0.2) is 57.3 Å². The molecule has 0 N–H and O–H groups in total. The average Bonchev–Trinajstić information content (AvgIpc) is 3.27. The molecular weight excluding hydrogens is 388 g/mol. The minimum atomic E-state index is -0.0300. The van der Waals surface area contributed by atoms with Crippen LogP contribution < -0.4 is 0 Å². The molecule has 1 saturated heterocycles. The van der Waals surface area contributed by atoms with Crippen molar-refractivity contribution in [2.45, 2.75) is 6.54 Å². The highest BCUT2D eigenvalue weighted by molar-refractivity contribution is 6.30. The van der Waals surface area contributed by atoms with Gasteiger partial charge in [-0.1, -0.05) is 23.7 Å². The fraction of sp³-hybridized carbons (Fsp3) is 0.227. The van der Waals surface area contributed by atoms with Crippen molar-refractivity contribution in [3.63, 3.8) is 0 Å². The molecule has 3 aromatic rings. The van der Waals surface area contributed by atoms with Crippen LogP contribution in [0, 0.1) is 0 Å². The number of imidazole rings is 1. The zero-order chi connectivity index (χ0) is 20.2. The molecule has 148 valence electrons. The van der Waals surface area contributed by atoms with E-state index in [1.165, 1.54) is 0 Å². The Morgan fingerprint density at radius 2 is 1.34 bits per heavy atom. The van der Waals surface area contributed by atoms with Gasteiger partial charge in [0.15, 0.2) is 0 Å². The quantitative estimate of drug-likeness (QED) is 0.666. The van der Waals surface area contributed by atoms with Gasteiger partial charge in [0.25, 0.3) is 11.8 Å². The number of nitrogens with zero attached hydrogens (tertiary/aromatic N) is 4. The fourth-order valence-corrected chi connectivity index (χ4v) is 3.54.